The van der Waals surface area contributed by atoms with Crippen molar-refractivity contribution in [1.82, 2.24) is 5.32 Å². The van der Waals surface area contributed by atoms with E-state index in [4.69, 9.17) is 9.99 Å². The van der Waals surface area contributed by atoms with Crippen LogP contribution in [0.3, 0.4) is 0 Å². The minimum atomic E-state index is -1.50. The number of hydrogen-bond donors (Lipinski definition) is 2. The molecule has 0 bridgehead atoms. The van der Waals surface area contributed by atoms with Gasteiger partial charge in [0.05, 0.1) is 12.5 Å². The van der Waals surface area contributed by atoms with Gasteiger partial charge in [-0.05, 0) is 18.9 Å². The van der Waals surface area contributed by atoms with Gasteiger partial charge in [-0.3, -0.25) is 19.8 Å². The highest BCUT2D eigenvalue weighted by molar-refractivity contribution is 5.85. The van der Waals surface area contributed by atoms with Crippen LogP contribution in [0.4, 0.5) is 0 Å². The highest BCUT2D eigenvalue weighted by Gasteiger charge is 2.43. The molecule has 3 atom stereocenters. The molecule has 0 aromatic heterocycles. The monoisotopic (exact) mass is 340 g/mol. The summed E-state index contributed by atoms with van der Waals surface area (Å²) in [6, 6.07) is -0.0984. The van der Waals surface area contributed by atoms with Crippen molar-refractivity contribution in [1.29, 1.82) is 0 Å². The molecule has 9 heteroatoms. The lowest BCUT2D eigenvalue weighted by Crippen LogP contribution is -2.58. The maximum Gasteiger partial charge on any atom is 0.349 e. The summed E-state index contributed by atoms with van der Waals surface area (Å²) in [5, 5.41) is 22.7. The summed E-state index contributed by atoms with van der Waals surface area (Å²) in [4.78, 5) is 43.2. The predicted octanol–water partition coefficient (Wildman–Crippen LogP) is 0.270. The fourth-order valence-corrected chi connectivity index (χ4v) is 2.77. The first-order valence-electron chi connectivity index (χ1n) is 7.71. The normalized spacial score (nSPS) is 28.1. The second-order valence-electron chi connectivity index (χ2n) is 5.83. The van der Waals surface area contributed by atoms with E-state index in [0.29, 0.717) is 12.8 Å². The first kappa shape index (κ1) is 18.1. The third kappa shape index (κ3) is 4.18. The number of rotatable bonds is 9. The van der Waals surface area contributed by atoms with E-state index < -0.39 is 22.9 Å². The maximum absolute atomic E-state index is 11.8. The van der Waals surface area contributed by atoms with Gasteiger partial charge in [0, 0.05) is 24.0 Å². The zero-order valence-electron chi connectivity index (χ0n) is 13.1. The molecule has 1 aliphatic carbocycles. The van der Waals surface area contributed by atoms with Crippen LogP contribution in [0.5, 0.6) is 0 Å². The van der Waals surface area contributed by atoms with Crippen LogP contribution < -0.4 is 5.32 Å². The molecule has 2 N–H and O–H groups in total. The van der Waals surface area contributed by atoms with E-state index in [-0.39, 0.29) is 37.5 Å². The van der Waals surface area contributed by atoms with Gasteiger partial charge in [0.2, 0.25) is 5.91 Å². The van der Waals surface area contributed by atoms with Gasteiger partial charge in [0.15, 0.2) is 0 Å². The molecule has 0 radical (unpaired) electrons. The standard InChI is InChI=1S/C15H20N2O7/c18-8-4-12-11(14(20)16-12)5-9-23-24-13(19)10-15(17(21)22)6-2-1-3-7-15/h1-3,6,11-12,18H,4-5,7-10H2,(H,16,20)/t11-,12-,15?/m0/s1. The summed E-state index contributed by atoms with van der Waals surface area (Å²) in [5.74, 6) is -1.25. The molecule has 24 heavy (non-hydrogen) atoms. The number of β-lactam (4-membered cyclic amide) rings is 1. The number of nitrogens with zero attached hydrogens (tertiary/aromatic N) is 1. The lowest BCUT2D eigenvalue weighted by Gasteiger charge is -2.36. The van der Waals surface area contributed by atoms with E-state index in [9.17, 15) is 19.7 Å². The van der Waals surface area contributed by atoms with Crippen LogP contribution >= 0.6 is 0 Å². The molecule has 9 nitrogen and oxygen atoms in total. The van der Waals surface area contributed by atoms with E-state index in [1.54, 1.807) is 12.2 Å². The number of aliphatic hydroxyl groups is 1. The molecular weight excluding hydrogens is 320 g/mol. The average Bonchev–Trinajstić information content (AvgIpc) is 2.55. The Morgan fingerprint density at radius 2 is 2.25 bits per heavy atom. The lowest BCUT2D eigenvalue weighted by molar-refractivity contribution is -0.554. The smallest absolute Gasteiger partial charge is 0.349 e. The summed E-state index contributed by atoms with van der Waals surface area (Å²) in [5.41, 5.74) is -1.50. The number of nitrogens with one attached hydrogen (secondary N) is 1. The largest absolute Gasteiger partial charge is 0.396 e. The van der Waals surface area contributed by atoms with Gasteiger partial charge in [-0.25, -0.2) is 4.79 Å². The van der Waals surface area contributed by atoms with Gasteiger partial charge in [0.25, 0.3) is 5.54 Å². The fraction of sp³-hybridized carbons (Fsp3) is 0.600. The Kier molecular flexibility index (Phi) is 6.04. The zero-order valence-corrected chi connectivity index (χ0v) is 13.1. The number of hydrogen-bond acceptors (Lipinski definition) is 7. The number of aliphatic hydroxyl groups excluding tert-OH is 1. The predicted molar refractivity (Wildman–Crippen MR) is 81.0 cm³/mol. The van der Waals surface area contributed by atoms with Crippen molar-refractivity contribution < 1.29 is 29.4 Å². The molecular formula is C15H20N2O7. The van der Waals surface area contributed by atoms with Gasteiger partial charge in [0.1, 0.15) is 6.42 Å². The lowest BCUT2D eigenvalue weighted by atomic mass is 9.86. The second-order valence-corrected chi connectivity index (χ2v) is 5.83. The molecule has 132 valence electrons. The summed E-state index contributed by atoms with van der Waals surface area (Å²) >= 11 is 0. The van der Waals surface area contributed by atoms with Gasteiger partial charge in [-0.1, -0.05) is 18.2 Å². The van der Waals surface area contributed by atoms with Crippen LogP contribution in [0, 0.1) is 16.0 Å². The molecule has 2 aliphatic rings. The molecule has 1 aliphatic heterocycles. The number of allylic oxidation sites excluding steroid dienone is 2. The van der Waals surface area contributed by atoms with E-state index >= 15 is 0 Å². The fourth-order valence-electron chi connectivity index (χ4n) is 2.77. The molecule has 0 spiro atoms. The van der Waals surface area contributed by atoms with Crippen molar-refractivity contribution >= 4 is 11.9 Å². The highest BCUT2D eigenvalue weighted by atomic mass is 17.2. The molecule has 0 aromatic rings. The first-order chi connectivity index (χ1) is 11.5. The van der Waals surface area contributed by atoms with E-state index in [2.05, 4.69) is 10.2 Å². The molecule has 1 heterocycles. The maximum atomic E-state index is 11.8. The number of carbonyl (C=O) groups excluding carboxylic acids is 2. The van der Waals surface area contributed by atoms with Crippen molar-refractivity contribution in [2.24, 2.45) is 5.92 Å². The summed E-state index contributed by atoms with van der Waals surface area (Å²) in [7, 11) is 0. The highest BCUT2D eigenvalue weighted by Crippen LogP contribution is 2.26. The third-order valence-electron chi connectivity index (χ3n) is 4.19. The molecule has 1 amide bonds. The minimum absolute atomic E-state index is 0.00691. The van der Waals surface area contributed by atoms with Crippen molar-refractivity contribution in [3.8, 4) is 0 Å². The molecule has 1 saturated heterocycles. The number of amides is 1. The third-order valence-corrected chi connectivity index (χ3v) is 4.19. The SMILES string of the molecule is O=C(CC1([N+](=O)[O-])C=CC=CC1)OOCC[C@@H]1C(=O)N[C@H]1CCO. The summed E-state index contributed by atoms with van der Waals surface area (Å²) in [6.45, 7) is -0.0187. The van der Waals surface area contributed by atoms with Crippen LogP contribution in [0.25, 0.3) is 0 Å². The number of carbonyl (C=O) groups is 2. The van der Waals surface area contributed by atoms with Crippen molar-refractivity contribution in [2.45, 2.75) is 37.3 Å². The van der Waals surface area contributed by atoms with Gasteiger partial charge < -0.3 is 10.4 Å². The summed E-state index contributed by atoms with van der Waals surface area (Å²) < 4.78 is 0. The second kappa shape index (κ2) is 8.02. The van der Waals surface area contributed by atoms with E-state index in [1.165, 1.54) is 12.2 Å². The molecule has 0 aromatic carbocycles. The van der Waals surface area contributed by atoms with Crippen molar-refractivity contribution in [3.05, 3.63) is 34.4 Å². The van der Waals surface area contributed by atoms with Gasteiger partial charge >= 0.3 is 5.97 Å². The molecule has 1 unspecified atom stereocenters. The quantitative estimate of drug-likeness (QED) is 0.203. The van der Waals surface area contributed by atoms with Crippen LogP contribution in [-0.2, 0) is 19.4 Å². The summed E-state index contributed by atoms with van der Waals surface area (Å²) in [6.07, 6.45) is 6.66. The Labute approximate surface area is 138 Å². The minimum Gasteiger partial charge on any atom is -0.396 e. The Morgan fingerprint density at radius 3 is 2.83 bits per heavy atom. The van der Waals surface area contributed by atoms with Crippen LogP contribution in [0.1, 0.15) is 25.7 Å². The first-order valence-corrected chi connectivity index (χ1v) is 7.71. The van der Waals surface area contributed by atoms with Crippen LogP contribution in [0.2, 0.25) is 0 Å². The number of nitro groups is 1. The van der Waals surface area contributed by atoms with Crippen LogP contribution in [0.15, 0.2) is 24.3 Å². The van der Waals surface area contributed by atoms with E-state index in [1.807, 2.05) is 0 Å². The Hall–Kier alpha value is -2.26. The molecule has 0 saturated carbocycles. The van der Waals surface area contributed by atoms with E-state index in [0.717, 1.165) is 0 Å². The topological polar surface area (TPSA) is 128 Å². The Balaban J connectivity index is 1.71. The average molecular weight is 340 g/mol. The molecule has 2 rings (SSSR count). The van der Waals surface area contributed by atoms with Crippen LogP contribution in [-0.4, -0.2) is 46.7 Å². The zero-order chi connectivity index (χ0) is 17.6. The van der Waals surface area contributed by atoms with Crippen molar-refractivity contribution in [2.75, 3.05) is 13.2 Å². The van der Waals surface area contributed by atoms with Crippen molar-refractivity contribution in [3.63, 3.8) is 0 Å². The van der Waals surface area contributed by atoms with Gasteiger partial charge in [-0.15, -0.1) is 0 Å². The molecule has 1 fully saturated rings. The Morgan fingerprint density at radius 1 is 1.46 bits per heavy atom. The van der Waals surface area contributed by atoms with Gasteiger partial charge in [-0.2, -0.15) is 4.89 Å². The Bertz CT molecular complexity index is 560.